The Morgan fingerprint density at radius 1 is 1.00 bits per heavy atom. The maximum atomic E-state index is 13.5. The molecule has 0 aliphatic rings. The summed E-state index contributed by atoms with van der Waals surface area (Å²) in [6, 6.07) is 6.45. The third-order valence-corrected chi connectivity index (χ3v) is 3.04. The smallest absolute Gasteiger partial charge is 0.130 e. The van der Waals surface area contributed by atoms with Crippen LogP contribution in [0.5, 0.6) is 0 Å². The highest BCUT2D eigenvalue weighted by Gasteiger charge is 2.15. The predicted octanol–water partition coefficient (Wildman–Crippen LogP) is 4.00. The van der Waals surface area contributed by atoms with Crippen LogP contribution in [-0.4, -0.2) is 0 Å². The van der Waals surface area contributed by atoms with Gasteiger partial charge in [0, 0.05) is 22.7 Å². The van der Waals surface area contributed by atoms with Gasteiger partial charge in [-0.25, -0.2) is 13.2 Å². The van der Waals surface area contributed by atoms with Gasteiger partial charge in [0.05, 0.1) is 0 Å². The second-order valence-electron chi connectivity index (χ2n) is 4.21. The van der Waals surface area contributed by atoms with Crippen LogP contribution in [0.4, 0.5) is 13.2 Å². The SMILES string of the molecule is NC(Cc1cc(Cl)ccc1F)c1ccc(F)cc1F. The zero-order chi connectivity index (χ0) is 14.0. The number of hydrogen-bond donors (Lipinski definition) is 1. The van der Waals surface area contributed by atoms with Crippen LogP contribution in [0.15, 0.2) is 36.4 Å². The zero-order valence-electron chi connectivity index (χ0n) is 9.84. The molecule has 2 aromatic carbocycles. The number of rotatable bonds is 3. The summed E-state index contributed by atoms with van der Waals surface area (Å²) in [6.45, 7) is 0. The van der Waals surface area contributed by atoms with Gasteiger partial charge in [-0.05, 0) is 36.2 Å². The Labute approximate surface area is 113 Å². The molecule has 0 amide bonds. The first-order valence-electron chi connectivity index (χ1n) is 5.62. The van der Waals surface area contributed by atoms with Gasteiger partial charge in [0.2, 0.25) is 0 Å². The van der Waals surface area contributed by atoms with Gasteiger partial charge >= 0.3 is 0 Å². The van der Waals surface area contributed by atoms with Crippen molar-refractivity contribution in [2.24, 2.45) is 5.73 Å². The first-order valence-corrected chi connectivity index (χ1v) is 5.99. The molecule has 19 heavy (non-hydrogen) atoms. The van der Waals surface area contributed by atoms with Gasteiger partial charge < -0.3 is 5.73 Å². The molecule has 0 aliphatic heterocycles. The van der Waals surface area contributed by atoms with E-state index < -0.39 is 23.5 Å². The van der Waals surface area contributed by atoms with Gasteiger partial charge in [0.15, 0.2) is 0 Å². The van der Waals surface area contributed by atoms with E-state index in [0.717, 1.165) is 12.1 Å². The van der Waals surface area contributed by atoms with E-state index in [0.29, 0.717) is 10.6 Å². The number of nitrogens with two attached hydrogens (primary N) is 1. The fourth-order valence-electron chi connectivity index (χ4n) is 1.85. The van der Waals surface area contributed by atoms with Gasteiger partial charge in [-0.3, -0.25) is 0 Å². The van der Waals surface area contributed by atoms with Crippen molar-refractivity contribution < 1.29 is 13.2 Å². The molecule has 0 spiro atoms. The van der Waals surface area contributed by atoms with Crippen LogP contribution in [0, 0.1) is 17.5 Å². The summed E-state index contributed by atoms with van der Waals surface area (Å²) in [7, 11) is 0. The van der Waals surface area contributed by atoms with Crippen LogP contribution in [-0.2, 0) is 6.42 Å². The lowest BCUT2D eigenvalue weighted by Crippen LogP contribution is -2.16. The summed E-state index contributed by atoms with van der Waals surface area (Å²) in [4.78, 5) is 0. The summed E-state index contributed by atoms with van der Waals surface area (Å²) in [5, 5.41) is 0.378. The minimum Gasteiger partial charge on any atom is -0.324 e. The van der Waals surface area contributed by atoms with Crippen LogP contribution >= 0.6 is 11.6 Å². The van der Waals surface area contributed by atoms with E-state index >= 15 is 0 Å². The first kappa shape index (κ1) is 13.9. The average Bonchev–Trinajstić information content (AvgIpc) is 2.33. The summed E-state index contributed by atoms with van der Waals surface area (Å²) >= 11 is 5.77. The second kappa shape index (κ2) is 5.63. The Morgan fingerprint density at radius 3 is 2.42 bits per heavy atom. The lowest BCUT2D eigenvalue weighted by molar-refractivity contribution is 0.546. The number of benzene rings is 2. The van der Waals surface area contributed by atoms with E-state index in [1.807, 2.05) is 0 Å². The summed E-state index contributed by atoms with van der Waals surface area (Å²) in [6.07, 6.45) is 0.0783. The Balaban J connectivity index is 2.25. The maximum Gasteiger partial charge on any atom is 0.130 e. The van der Waals surface area contributed by atoms with E-state index in [1.54, 1.807) is 0 Å². The third kappa shape index (κ3) is 3.28. The molecule has 0 bridgehead atoms. The zero-order valence-corrected chi connectivity index (χ0v) is 10.6. The predicted molar refractivity (Wildman–Crippen MR) is 68.4 cm³/mol. The Bertz CT molecular complexity index is 601. The minimum atomic E-state index is -0.770. The Morgan fingerprint density at radius 2 is 1.74 bits per heavy atom. The molecule has 100 valence electrons. The molecule has 1 unspecified atom stereocenters. The standard InChI is InChI=1S/C14H11ClF3N/c15-9-1-4-12(17)8(5-9)6-14(19)11-3-2-10(16)7-13(11)18/h1-5,7,14H,6,19H2. The highest BCUT2D eigenvalue weighted by atomic mass is 35.5. The van der Waals surface area contributed by atoms with Crippen LogP contribution < -0.4 is 5.73 Å². The maximum absolute atomic E-state index is 13.5. The highest BCUT2D eigenvalue weighted by Crippen LogP contribution is 2.23. The number of hydrogen-bond acceptors (Lipinski definition) is 1. The lowest BCUT2D eigenvalue weighted by Gasteiger charge is -2.14. The van der Waals surface area contributed by atoms with E-state index in [1.165, 1.54) is 24.3 Å². The van der Waals surface area contributed by atoms with Crippen molar-refractivity contribution in [1.82, 2.24) is 0 Å². The third-order valence-electron chi connectivity index (χ3n) is 2.81. The van der Waals surface area contributed by atoms with Crippen molar-refractivity contribution in [3.63, 3.8) is 0 Å². The molecule has 0 aliphatic carbocycles. The minimum absolute atomic E-state index is 0.0783. The molecule has 1 atom stereocenters. The second-order valence-corrected chi connectivity index (χ2v) is 4.65. The van der Waals surface area contributed by atoms with Gasteiger partial charge in [-0.15, -0.1) is 0 Å². The van der Waals surface area contributed by atoms with Crippen LogP contribution in [0.3, 0.4) is 0 Å². The molecule has 0 fully saturated rings. The molecular weight excluding hydrogens is 275 g/mol. The van der Waals surface area contributed by atoms with Crippen molar-refractivity contribution >= 4 is 11.6 Å². The van der Waals surface area contributed by atoms with E-state index in [4.69, 9.17) is 17.3 Å². The topological polar surface area (TPSA) is 26.0 Å². The van der Waals surface area contributed by atoms with E-state index in [9.17, 15) is 13.2 Å². The summed E-state index contributed by atoms with van der Waals surface area (Å²) < 4.78 is 39.9. The molecule has 2 rings (SSSR count). The molecular formula is C14H11ClF3N. The molecule has 0 saturated heterocycles. The van der Waals surface area contributed by atoms with Gasteiger partial charge in [0.25, 0.3) is 0 Å². The first-order chi connectivity index (χ1) is 8.97. The molecule has 2 N–H and O–H groups in total. The summed E-state index contributed by atoms with van der Waals surface area (Å²) in [5.74, 6) is -1.88. The fraction of sp³-hybridized carbons (Fsp3) is 0.143. The van der Waals surface area contributed by atoms with E-state index in [2.05, 4.69) is 0 Å². The molecule has 0 radical (unpaired) electrons. The van der Waals surface area contributed by atoms with Crippen LogP contribution in [0.1, 0.15) is 17.2 Å². The molecule has 1 nitrogen and oxygen atoms in total. The molecule has 5 heteroatoms. The van der Waals surface area contributed by atoms with Crippen molar-refractivity contribution in [2.45, 2.75) is 12.5 Å². The lowest BCUT2D eigenvalue weighted by atomic mass is 9.99. The molecule has 0 saturated carbocycles. The quantitative estimate of drug-likeness (QED) is 0.906. The molecule has 2 aromatic rings. The number of halogens is 4. The van der Waals surface area contributed by atoms with Gasteiger partial charge in [0.1, 0.15) is 17.5 Å². The molecule has 0 aromatic heterocycles. The van der Waals surface area contributed by atoms with Crippen molar-refractivity contribution in [3.05, 3.63) is 70.0 Å². The van der Waals surface area contributed by atoms with Crippen molar-refractivity contribution in [3.8, 4) is 0 Å². The van der Waals surface area contributed by atoms with Gasteiger partial charge in [-0.1, -0.05) is 17.7 Å². The van der Waals surface area contributed by atoms with Crippen LogP contribution in [0.2, 0.25) is 5.02 Å². The average molecular weight is 286 g/mol. The largest absolute Gasteiger partial charge is 0.324 e. The van der Waals surface area contributed by atoms with E-state index in [-0.39, 0.29) is 12.0 Å². The highest BCUT2D eigenvalue weighted by molar-refractivity contribution is 6.30. The van der Waals surface area contributed by atoms with Crippen molar-refractivity contribution in [2.75, 3.05) is 0 Å². The van der Waals surface area contributed by atoms with Crippen molar-refractivity contribution in [1.29, 1.82) is 0 Å². The molecule has 0 heterocycles. The Hall–Kier alpha value is -1.52. The van der Waals surface area contributed by atoms with Crippen LogP contribution in [0.25, 0.3) is 0 Å². The normalized spacial score (nSPS) is 12.5. The van der Waals surface area contributed by atoms with Gasteiger partial charge in [-0.2, -0.15) is 0 Å². The monoisotopic (exact) mass is 285 g/mol. The summed E-state index contributed by atoms with van der Waals surface area (Å²) in [5.41, 5.74) is 6.26. The Kier molecular flexibility index (Phi) is 4.12. The fourth-order valence-corrected chi connectivity index (χ4v) is 2.04.